The molecule has 0 aromatic carbocycles. The zero-order chi connectivity index (χ0) is 59.2. The molecular formula is C76H138O6. The van der Waals surface area contributed by atoms with Gasteiger partial charge in [-0.2, -0.15) is 0 Å². The lowest BCUT2D eigenvalue weighted by atomic mass is 10.0. The van der Waals surface area contributed by atoms with E-state index in [0.717, 1.165) is 96.3 Å². The van der Waals surface area contributed by atoms with Gasteiger partial charge in [0.05, 0.1) is 0 Å². The summed E-state index contributed by atoms with van der Waals surface area (Å²) in [6, 6.07) is 0. The molecule has 0 bridgehead atoms. The predicted molar refractivity (Wildman–Crippen MR) is 358 cm³/mol. The highest BCUT2D eigenvalue weighted by Gasteiger charge is 2.19. The smallest absolute Gasteiger partial charge is 0.306 e. The van der Waals surface area contributed by atoms with Gasteiger partial charge in [0, 0.05) is 19.3 Å². The molecule has 82 heavy (non-hydrogen) atoms. The van der Waals surface area contributed by atoms with Crippen LogP contribution in [0.5, 0.6) is 0 Å². The Morgan fingerprint density at radius 3 is 0.744 bits per heavy atom. The first-order valence-corrected chi connectivity index (χ1v) is 36.3. The van der Waals surface area contributed by atoms with Crippen LogP contribution >= 0.6 is 0 Å². The van der Waals surface area contributed by atoms with Crippen LogP contribution in [0, 0.1) is 0 Å². The second-order valence-electron chi connectivity index (χ2n) is 24.5. The molecule has 0 spiro atoms. The molecule has 0 amide bonds. The molecule has 0 aliphatic heterocycles. The maximum atomic E-state index is 12.9. The molecule has 478 valence electrons. The third-order valence-corrected chi connectivity index (χ3v) is 16.3. The van der Waals surface area contributed by atoms with E-state index in [9.17, 15) is 14.4 Å². The van der Waals surface area contributed by atoms with Gasteiger partial charge in [-0.1, -0.05) is 364 Å². The lowest BCUT2D eigenvalue weighted by Crippen LogP contribution is -2.30. The van der Waals surface area contributed by atoms with Crippen LogP contribution in [0.3, 0.4) is 0 Å². The number of unbranched alkanes of at least 4 members (excludes halogenated alkanes) is 46. The maximum Gasteiger partial charge on any atom is 0.306 e. The van der Waals surface area contributed by atoms with Gasteiger partial charge < -0.3 is 14.2 Å². The molecule has 6 heteroatoms. The van der Waals surface area contributed by atoms with E-state index in [0.29, 0.717) is 19.3 Å². The van der Waals surface area contributed by atoms with Gasteiger partial charge >= 0.3 is 17.9 Å². The minimum atomic E-state index is -0.790. The van der Waals surface area contributed by atoms with Crippen molar-refractivity contribution in [2.75, 3.05) is 13.2 Å². The molecule has 6 nitrogen and oxygen atoms in total. The second kappa shape index (κ2) is 70.6. The highest BCUT2D eigenvalue weighted by molar-refractivity contribution is 5.71. The van der Waals surface area contributed by atoms with Crippen LogP contribution in [0.15, 0.2) is 60.8 Å². The number of ether oxygens (including phenoxy) is 3. The van der Waals surface area contributed by atoms with E-state index in [1.807, 2.05) is 0 Å². The van der Waals surface area contributed by atoms with E-state index in [-0.39, 0.29) is 31.1 Å². The van der Waals surface area contributed by atoms with Crippen LogP contribution < -0.4 is 0 Å². The van der Waals surface area contributed by atoms with E-state index >= 15 is 0 Å². The molecule has 1 unspecified atom stereocenters. The molecule has 0 aliphatic rings. The van der Waals surface area contributed by atoms with E-state index in [1.165, 1.54) is 250 Å². The second-order valence-corrected chi connectivity index (χ2v) is 24.5. The number of rotatable bonds is 67. The molecule has 0 aliphatic carbocycles. The number of carbonyl (C=O) groups is 3. The Bertz CT molecular complexity index is 1460. The van der Waals surface area contributed by atoms with Crippen molar-refractivity contribution in [3.8, 4) is 0 Å². The van der Waals surface area contributed by atoms with Gasteiger partial charge in [-0.15, -0.1) is 0 Å². The maximum absolute atomic E-state index is 12.9. The number of hydrogen-bond donors (Lipinski definition) is 0. The summed E-state index contributed by atoms with van der Waals surface area (Å²) < 4.78 is 16.9. The Morgan fingerprint density at radius 1 is 0.256 bits per heavy atom. The Hall–Kier alpha value is -2.89. The number of allylic oxidation sites excluding steroid dienone is 10. The molecule has 0 radical (unpaired) electrons. The van der Waals surface area contributed by atoms with Crippen LogP contribution in [-0.4, -0.2) is 37.2 Å². The lowest BCUT2D eigenvalue weighted by Gasteiger charge is -2.18. The zero-order valence-electron chi connectivity index (χ0n) is 55.0. The van der Waals surface area contributed by atoms with Crippen molar-refractivity contribution in [1.82, 2.24) is 0 Å². The molecular weight excluding hydrogens is 1010 g/mol. The Morgan fingerprint density at radius 2 is 0.476 bits per heavy atom. The lowest BCUT2D eigenvalue weighted by molar-refractivity contribution is -0.167. The minimum Gasteiger partial charge on any atom is -0.462 e. The third kappa shape index (κ3) is 67.9. The SMILES string of the molecule is CC/C=C\C/C=C\C/C=C\C/C=C\C/C=C\CCCCCC(=O)OC(COC(=O)CCCCCCCCCCCCCC)COC(=O)CCCCCCCCCCCCCCCCCCCCCCCCCCCCCCCCCCC. The first-order chi connectivity index (χ1) is 40.5. The monoisotopic (exact) mass is 1150 g/mol. The summed E-state index contributed by atoms with van der Waals surface area (Å²) in [7, 11) is 0. The van der Waals surface area contributed by atoms with Crippen molar-refractivity contribution in [3.63, 3.8) is 0 Å². The normalized spacial score (nSPS) is 12.4. The summed E-state index contributed by atoms with van der Waals surface area (Å²) in [6.07, 6.45) is 91.4. The molecule has 0 saturated heterocycles. The number of hydrogen-bond acceptors (Lipinski definition) is 6. The van der Waals surface area contributed by atoms with Crippen molar-refractivity contribution in [2.45, 2.75) is 393 Å². The van der Waals surface area contributed by atoms with E-state index in [2.05, 4.69) is 81.5 Å². The average molecular weight is 1150 g/mol. The fourth-order valence-corrected chi connectivity index (χ4v) is 10.9. The van der Waals surface area contributed by atoms with Gasteiger partial charge in [0.15, 0.2) is 6.10 Å². The molecule has 0 rings (SSSR count). The van der Waals surface area contributed by atoms with Gasteiger partial charge in [0.1, 0.15) is 13.2 Å². The van der Waals surface area contributed by atoms with E-state index in [4.69, 9.17) is 14.2 Å². The topological polar surface area (TPSA) is 78.9 Å². The quantitative estimate of drug-likeness (QED) is 0.0261. The van der Waals surface area contributed by atoms with Crippen molar-refractivity contribution in [2.24, 2.45) is 0 Å². The van der Waals surface area contributed by atoms with Gasteiger partial charge in [0.25, 0.3) is 0 Å². The first kappa shape index (κ1) is 79.1. The number of esters is 3. The molecule has 0 fully saturated rings. The highest BCUT2D eigenvalue weighted by atomic mass is 16.6. The van der Waals surface area contributed by atoms with Crippen LogP contribution in [-0.2, 0) is 28.6 Å². The highest BCUT2D eigenvalue weighted by Crippen LogP contribution is 2.19. The fraction of sp³-hybridized carbons (Fsp3) is 0.829. The molecule has 1 atom stereocenters. The molecule has 0 saturated carbocycles. The van der Waals surface area contributed by atoms with Gasteiger partial charge in [-0.25, -0.2) is 0 Å². The Labute approximate surface area is 510 Å². The fourth-order valence-electron chi connectivity index (χ4n) is 10.9. The van der Waals surface area contributed by atoms with Crippen LogP contribution in [0.4, 0.5) is 0 Å². The summed E-state index contributed by atoms with van der Waals surface area (Å²) in [4.78, 5) is 38.4. The average Bonchev–Trinajstić information content (AvgIpc) is 3.47. The van der Waals surface area contributed by atoms with Crippen LogP contribution in [0.1, 0.15) is 387 Å². The summed E-state index contributed by atoms with van der Waals surface area (Å²) in [5.74, 6) is -0.893. The van der Waals surface area contributed by atoms with Crippen LogP contribution in [0.2, 0.25) is 0 Å². The number of carbonyl (C=O) groups excluding carboxylic acids is 3. The van der Waals surface area contributed by atoms with Crippen molar-refractivity contribution in [3.05, 3.63) is 60.8 Å². The summed E-state index contributed by atoms with van der Waals surface area (Å²) >= 11 is 0. The molecule has 0 aromatic rings. The first-order valence-electron chi connectivity index (χ1n) is 36.3. The summed E-state index contributed by atoms with van der Waals surface area (Å²) in [5.41, 5.74) is 0. The van der Waals surface area contributed by atoms with Crippen molar-refractivity contribution in [1.29, 1.82) is 0 Å². The molecule has 0 aromatic heterocycles. The Balaban J connectivity index is 4.13. The van der Waals surface area contributed by atoms with Gasteiger partial charge in [-0.3, -0.25) is 14.4 Å². The summed E-state index contributed by atoms with van der Waals surface area (Å²) in [5, 5.41) is 0. The van der Waals surface area contributed by atoms with E-state index < -0.39 is 6.10 Å². The Kier molecular flexibility index (Phi) is 68.1. The van der Waals surface area contributed by atoms with E-state index in [1.54, 1.807) is 0 Å². The zero-order valence-corrected chi connectivity index (χ0v) is 55.0. The largest absolute Gasteiger partial charge is 0.462 e. The minimum absolute atomic E-state index is 0.0832. The summed E-state index contributed by atoms with van der Waals surface area (Å²) in [6.45, 7) is 6.56. The van der Waals surface area contributed by atoms with Crippen LogP contribution in [0.25, 0.3) is 0 Å². The predicted octanol–water partition coefficient (Wildman–Crippen LogP) is 25.1. The van der Waals surface area contributed by atoms with Crippen molar-refractivity contribution < 1.29 is 28.6 Å². The molecule has 0 N–H and O–H groups in total. The third-order valence-electron chi connectivity index (χ3n) is 16.3. The van der Waals surface area contributed by atoms with Gasteiger partial charge in [0.2, 0.25) is 0 Å². The van der Waals surface area contributed by atoms with Gasteiger partial charge in [-0.05, 0) is 64.2 Å². The standard InChI is InChI=1S/C76H138O6/c1-4-7-10-13-16-19-22-25-27-29-31-32-33-34-35-36-37-38-39-40-41-42-43-44-46-47-49-51-54-57-60-63-66-69-75(78)81-72-73(71-80-74(77)68-65-62-59-56-53-24-21-18-15-12-9-6-3)82-76(79)70-67-64-61-58-55-52-50-48-45-30-28-26-23-20-17-14-11-8-5-2/h8,11,17,20,26,28,45,48,52,55,73H,4-7,9-10,12-16,18-19,21-25,27,29-44,46-47,49-51,53-54,56-72H2,1-3H3/b11-8-,20-17-,28-26-,48-45-,55-52-. The molecule has 0 heterocycles. The van der Waals surface area contributed by atoms with Crippen molar-refractivity contribution >= 4 is 17.9 Å².